The molecule has 0 bridgehead atoms. The summed E-state index contributed by atoms with van der Waals surface area (Å²) in [5.41, 5.74) is 7.62. The lowest BCUT2D eigenvalue weighted by atomic mass is 9.77. The van der Waals surface area contributed by atoms with Gasteiger partial charge in [0.25, 0.3) is 0 Å². The minimum Gasteiger partial charge on any atom is -0.331 e. The fraction of sp³-hybridized carbons (Fsp3) is 0.562. The highest BCUT2D eigenvalue weighted by atomic mass is 16.2. The molecule has 2 rings (SSSR count). The van der Waals surface area contributed by atoms with Crippen molar-refractivity contribution in [2.75, 3.05) is 11.9 Å². The molecular formula is C16H25N3O. The summed E-state index contributed by atoms with van der Waals surface area (Å²) >= 11 is 0. The topological polar surface area (TPSA) is 67.2 Å². The zero-order chi connectivity index (χ0) is 14.6. The van der Waals surface area contributed by atoms with E-state index in [9.17, 15) is 4.79 Å². The smallest absolute Gasteiger partial charge is 0.319 e. The van der Waals surface area contributed by atoms with Crippen LogP contribution in [0.5, 0.6) is 0 Å². The summed E-state index contributed by atoms with van der Waals surface area (Å²) in [6.07, 6.45) is 4.18. The predicted octanol–water partition coefficient (Wildman–Crippen LogP) is 3.02. The van der Waals surface area contributed by atoms with Crippen LogP contribution in [0.2, 0.25) is 0 Å². The van der Waals surface area contributed by atoms with E-state index in [-0.39, 0.29) is 11.6 Å². The Hall–Kier alpha value is -1.55. The molecule has 1 aromatic carbocycles. The van der Waals surface area contributed by atoms with Crippen LogP contribution in [0.3, 0.4) is 0 Å². The summed E-state index contributed by atoms with van der Waals surface area (Å²) in [6, 6.07) is 7.64. The zero-order valence-electron chi connectivity index (χ0n) is 12.4. The van der Waals surface area contributed by atoms with Gasteiger partial charge in [0, 0.05) is 12.2 Å². The normalized spacial score (nSPS) is 26.1. The molecule has 4 N–H and O–H groups in total. The number of carbonyl (C=O) groups is 1. The van der Waals surface area contributed by atoms with Gasteiger partial charge in [-0.05, 0) is 56.2 Å². The van der Waals surface area contributed by atoms with Crippen LogP contribution in [0.4, 0.5) is 10.5 Å². The average Bonchev–Trinajstić information content (AvgIpc) is 2.41. The number of amides is 2. The Morgan fingerprint density at radius 3 is 2.70 bits per heavy atom. The van der Waals surface area contributed by atoms with Gasteiger partial charge in [0.05, 0.1) is 5.54 Å². The summed E-state index contributed by atoms with van der Waals surface area (Å²) in [7, 11) is 0. The molecular weight excluding hydrogens is 250 g/mol. The molecule has 1 aromatic rings. The maximum atomic E-state index is 12.2. The first-order valence-electron chi connectivity index (χ1n) is 7.39. The van der Waals surface area contributed by atoms with Crippen LogP contribution in [0.25, 0.3) is 0 Å². The van der Waals surface area contributed by atoms with Crippen molar-refractivity contribution in [2.24, 2.45) is 11.7 Å². The van der Waals surface area contributed by atoms with Crippen molar-refractivity contribution in [2.45, 2.75) is 45.1 Å². The van der Waals surface area contributed by atoms with Gasteiger partial charge in [-0.1, -0.05) is 19.1 Å². The first-order chi connectivity index (χ1) is 9.53. The lowest BCUT2D eigenvalue weighted by molar-refractivity contribution is 0.196. The van der Waals surface area contributed by atoms with Gasteiger partial charge in [-0.25, -0.2) is 4.79 Å². The maximum absolute atomic E-state index is 12.2. The van der Waals surface area contributed by atoms with Crippen LogP contribution in [-0.2, 0) is 0 Å². The van der Waals surface area contributed by atoms with Crippen molar-refractivity contribution in [1.29, 1.82) is 0 Å². The van der Waals surface area contributed by atoms with E-state index in [1.54, 1.807) is 0 Å². The van der Waals surface area contributed by atoms with Crippen LogP contribution in [0.15, 0.2) is 24.3 Å². The molecule has 4 heteroatoms. The lowest BCUT2D eigenvalue weighted by Gasteiger charge is -2.39. The molecule has 0 heterocycles. The summed E-state index contributed by atoms with van der Waals surface area (Å²) in [5, 5.41) is 5.99. The second-order valence-corrected chi connectivity index (χ2v) is 6.12. The number of aryl methyl sites for hydroxylation is 1. The van der Waals surface area contributed by atoms with Gasteiger partial charge in [-0.3, -0.25) is 0 Å². The number of hydrogen-bond donors (Lipinski definition) is 3. The van der Waals surface area contributed by atoms with Gasteiger partial charge in [-0.15, -0.1) is 0 Å². The highest BCUT2D eigenvalue weighted by Crippen LogP contribution is 2.31. The van der Waals surface area contributed by atoms with Crippen LogP contribution >= 0.6 is 0 Å². The minimum absolute atomic E-state index is 0.157. The fourth-order valence-corrected chi connectivity index (χ4v) is 2.82. The first kappa shape index (κ1) is 14.9. The van der Waals surface area contributed by atoms with Crippen molar-refractivity contribution in [3.63, 3.8) is 0 Å². The van der Waals surface area contributed by atoms with E-state index in [0.717, 1.165) is 42.9 Å². The summed E-state index contributed by atoms with van der Waals surface area (Å²) in [4.78, 5) is 12.2. The molecule has 1 fully saturated rings. The maximum Gasteiger partial charge on any atom is 0.319 e. The van der Waals surface area contributed by atoms with E-state index in [2.05, 4.69) is 17.6 Å². The Morgan fingerprint density at radius 2 is 2.10 bits per heavy atom. The zero-order valence-corrected chi connectivity index (χ0v) is 12.4. The standard InChI is InChI=1S/C16H25N3O/c1-12-6-8-16(11-17,9-7-12)19-15(20)18-14-5-3-4-13(2)10-14/h3-5,10,12H,6-9,11,17H2,1-2H3,(H2,18,19,20). The molecule has 0 aromatic heterocycles. The van der Waals surface area contributed by atoms with Gasteiger partial charge in [0.2, 0.25) is 0 Å². The number of nitrogens with two attached hydrogens (primary N) is 1. The Bertz CT molecular complexity index is 465. The molecule has 0 spiro atoms. The van der Waals surface area contributed by atoms with Gasteiger partial charge in [0.1, 0.15) is 0 Å². The number of anilines is 1. The molecule has 4 nitrogen and oxygen atoms in total. The predicted molar refractivity (Wildman–Crippen MR) is 82.8 cm³/mol. The van der Waals surface area contributed by atoms with Gasteiger partial charge < -0.3 is 16.4 Å². The molecule has 110 valence electrons. The number of nitrogens with one attached hydrogen (secondary N) is 2. The number of benzene rings is 1. The lowest BCUT2D eigenvalue weighted by Crippen LogP contribution is -2.56. The minimum atomic E-state index is -0.236. The Kier molecular flexibility index (Phi) is 4.65. The Balaban J connectivity index is 1.96. The summed E-state index contributed by atoms with van der Waals surface area (Å²) in [6.45, 7) is 4.77. The summed E-state index contributed by atoms with van der Waals surface area (Å²) in [5.74, 6) is 0.733. The third-order valence-electron chi connectivity index (χ3n) is 4.28. The quantitative estimate of drug-likeness (QED) is 0.793. The van der Waals surface area contributed by atoms with E-state index in [1.807, 2.05) is 31.2 Å². The summed E-state index contributed by atoms with van der Waals surface area (Å²) < 4.78 is 0. The molecule has 0 saturated heterocycles. The molecule has 1 aliphatic carbocycles. The van der Waals surface area contributed by atoms with E-state index < -0.39 is 0 Å². The van der Waals surface area contributed by atoms with Crippen molar-refractivity contribution in [3.05, 3.63) is 29.8 Å². The second kappa shape index (κ2) is 6.27. The highest BCUT2D eigenvalue weighted by Gasteiger charge is 2.34. The first-order valence-corrected chi connectivity index (χ1v) is 7.39. The van der Waals surface area contributed by atoms with Crippen LogP contribution in [0.1, 0.15) is 38.2 Å². The number of carbonyl (C=O) groups excluding carboxylic acids is 1. The SMILES string of the molecule is Cc1cccc(NC(=O)NC2(CN)CCC(C)CC2)c1. The number of urea groups is 1. The molecule has 0 atom stereocenters. The van der Waals surface area contributed by atoms with E-state index in [1.165, 1.54) is 0 Å². The number of rotatable bonds is 3. The third-order valence-corrected chi connectivity index (χ3v) is 4.28. The van der Waals surface area contributed by atoms with Gasteiger partial charge in [-0.2, -0.15) is 0 Å². The van der Waals surface area contributed by atoms with E-state index >= 15 is 0 Å². The van der Waals surface area contributed by atoms with E-state index in [0.29, 0.717) is 6.54 Å². The molecule has 2 amide bonds. The largest absolute Gasteiger partial charge is 0.331 e. The average molecular weight is 275 g/mol. The number of hydrogen-bond acceptors (Lipinski definition) is 2. The molecule has 0 aliphatic heterocycles. The van der Waals surface area contributed by atoms with Crippen LogP contribution < -0.4 is 16.4 Å². The third kappa shape index (κ3) is 3.73. The van der Waals surface area contributed by atoms with Crippen molar-refractivity contribution >= 4 is 11.7 Å². The van der Waals surface area contributed by atoms with Gasteiger partial charge in [0.15, 0.2) is 0 Å². The highest BCUT2D eigenvalue weighted by molar-refractivity contribution is 5.89. The fourth-order valence-electron chi connectivity index (χ4n) is 2.82. The van der Waals surface area contributed by atoms with Crippen molar-refractivity contribution in [3.8, 4) is 0 Å². The van der Waals surface area contributed by atoms with Gasteiger partial charge >= 0.3 is 6.03 Å². The van der Waals surface area contributed by atoms with Crippen LogP contribution in [0, 0.1) is 12.8 Å². The molecule has 0 radical (unpaired) electrons. The molecule has 0 unspecified atom stereocenters. The molecule has 1 aliphatic rings. The van der Waals surface area contributed by atoms with Crippen LogP contribution in [-0.4, -0.2) is 18.1 Å². The van der Waals surface area contributed by atoms with Crippen molar-refractivity contribution < 1.29 is 4.79 Å². The molecule has 20 heavy (non-hydrogen) atoms. The Labute approximate surface area is 121 Å². The second-order valence-electron chi connectivity index (χ2n) is 6.12. The molecule has 1 saturated carbocycles. The Morgan fingerprint density at radius 1 is 1.40 bits per heavy atom. The van der Waals surface area contributed by atoms with Crippen molar-refractivity contribution in [1.82, 2.24) is 5.32 Å². The monoisotopic (exact) mass is 275 g/mol. The van der Waals surface area contributed by atoms with E-state index in [4.69, 9.17) is 5.73 Å².